The third-order valence-electron chi connectivity index (χ3n) is 3.18. The zero-order valence-electron chi connectivity index (χ0n) is 12.6. The van der Waals surface area contributed by atoms with E-state index in [4.69, 9.17) is 16.3 Å². The van der Waals surface area contributed by atoms with E-state index in [2.05, 4.69) is 6.58 Å². The first-order valence-corrected chi connectivity index (χ1v) is 7.26. The molecule has 110 valence electrons. The first-order valence-electron chi connectivity index (χ1n) is 6.88. The molecule has 0 fully saturated rings. The number of aliphatic hydroxyl groups is 1. The largest absolute Gasteiger partial charge is 0.391 e. The highest BCUT2D eigenvalue weighted by Crippen LogP contribution is 2.21. The van der Waals surface area contributed by atoms with E-state index >= 15 is 0 Å². The maximum atomic E-state index is 9.49. The fourth-order valence-corrected chi connectivity index (χ4v) is 1.98. The molecule has 0 radical (unpaired) electrons. The van der Waals surface area contributed by atoms with E-state index in [1.54, 1.807) is 13.0 Å². The zero-order valence-corrected chi connectivity index (χ0v) is 13.3. The van der Waals surface area contributed by atoms with Gasteiger partial charge in [-0.05, 0) is 51.2 Å². The summed E-state index contributed by atoms with van der Waals surface area (Å²) in [7, 11) is 0. The number of aliphatic hydroxyl groups excluding tert-OH is 1. The van der Waals surface area contributed by atoms with Crippen LogP contribution in [0, 0.1) is 0 Å². The lowest BCUT2D eigenvalue weighted by atomic mass is 10.0. The lowest BCUT2D eigenvalue weighted by Crippen LogP contribution is -2.25. The third-order valence-corrected chi connectivity index (χ3v) is 3.46. The first kappa shape index (κ1) is 18.4. The van der Waals surface area contributed by atoms with Crippen LogP contribution in [0.2, 0.25) is 0 Å². The summed E-state index contributed by atoms with van der Waals surface area (Å²) in [5.74, 6) is 0. The van der Waals surface area contributed by atoms with E-state index in [0.717, 1.165) is 29.9 Å². The molecule has 0 saturated heterocycles. The number of hydrogen-bond acceptors (Lipinski definition) is 2. The van der Waals surface area contributed by atoms with Gasteiger partial charge in [-0.15, -0.1) is 0 Å². The van der Waals surface area contributed by atoms with Gasteiger partial charge in [0, 0.05) is 11.6 Å². The minimum absolute atomic E-state index is 0.0711. The molecule has 0 spiro atoms. The van der Waals surface area contributed by atoms with Crippen LogP contribution in [-0.2, 0) is 4.74 Å². The number of allylic oxidation sites excluding steroid dienone is 5. The Morgan fingerprint density at radius 1 is 1.42 bits per heavy atom. The van der Waals surface area contributed by atoms with Crippen molar-refractivity contribution in [2.24, 2.45) is 0 Å². The Kier molecular flexibility index (Phi) is 9.94. The molecule has 2 nitrogen and oxygen atoms in total. The van der Waals surface area contributed by atoms with E-state index in [1.807, 2.05) is 26.8 Å². The SMILES string of the molecule is C=C/C=C(CCCOC(CC)[C@@H](C)O)\C(C)=C(/C)Cl. The second kappa shape index (κ2) is 10.2. The molecule has 0 rings (SSSR count). The van der Waals surface area contributed by atoms with Crippen LogP contribution in [0.25, 0.3) is 0 Å². The first-order chi connectivity index (χ1) is 8.93. The van der Waals surface area contributed by atoms with E-state index in [9.17, 15) is 5.11 Å². The van der Waals surface area contributed by atoms with Crippen LogP contribution in [0.15, 0.2) is 34.9 Å². The lowest BCUT2D eigenvalue weighted by Gasteiger charge is -2.19. The van der Waals surface area contributed by atoms with Gasteiger partial charge < -0.3 is 9.84 Å². The fraction of sp³-hybridized carbons (Fsp3) is 0.625. The Bertz CT molecular complexity index is 326. The van der Waals surface area contributed by atoms with E-state index in [-0.39, 0.29) is 6.10 Å². The highest BCUT2D eigenvalue weighted by molar-refractivity contribution is 6.29. The van der Waals surface area contributed by atoms with Crippen molar-refractivity contribution >= 4 is 11.6 Å². The standard InChI is InChI=1S/C16H27ClO2/c1-6-9-15(12(3)13(4)17)10-8-11-19-16(7-2)14(5)18/h6,9,14,16,18H,1,7-8,10-11H2,2-5H3/b13-12+,15-9-/t14-,16?/m1/s1. The van der Waals surface area contributed by atoms with Crippen molar-refractivity contribution in [3.05, 3.63) is 34.9 Å². The minimum Gasteiger partial charge on any atom is -0.391 e. The van der Waals surface area contributed by atoms with Gasteiger partial charge in [0.05, 0.1) is 12.2 Å². The molecule has 0 heterocycles. The Morgan fingerprint density at radius 2 is 2.05 bits per heavy atom. The predicted octanol–water partition coefficient (Wildman–Crippen LogP) is 4.59. The fourth-order valence-electron chi connectivity index (χ4n) is 1.85. The van der Waals surface area contributed by atoms with Crippen molar-refractivity contribution in [1.82, 2.24) is 0 Å². The van der Waals surface area contributed by atoms with Crippen LogP contribution in [-0.4, -0.2) is 23.9 Å². The molecule has 0 aromatic heterocycles. The van der Waals surface area contributed by atoms with Crippen molar-refractivity contribution in [1.29, 1.82) is 0 Å². The highest BCUT2D eigenvalue weighted by atomic mass is 35.5. The summed E-state index contributed by atoms with van der Waals surface area (Å²) in [4.78, 5) is 0. The average Bonchev–Trinajstić information content (AvgIpc) is 2.35. The van der Waals surface area contributed by atoms with Gasteiger partial charge in [0.1, 0.15) is 0 Å². The lowest BCUT2D eigenvalue weighted by molar-refractivity contribution is -0.0314. The molecule has 0 bridgehead atoms. The summed E-state index contributed by atoms with van der Waals surface area (Å²) in [5, 5.41) is 10.3. The summed E-state index contributed by atoms with van der Waals surface area (Å²) in [5.41, 5.74) is 2.29. The molecule has 0 aliphatic rings. The smallest absolute Gasteiger partial charge is 0.0828 e. The molecular formula is C16H27ClO2. The molecule has 0 aromatic carbocycles. The number of ether oxygens (including phenoxy) is 1. The Labute approximate surface area is 122 Å². The maximum Gasteiger partial charge on any atom is 0.0828 e. The van der Waals surface area contributed by atoms with E-state index in [0.29, 0.717) is 6.61 Å². The van der Waals surface area contributed by atoms with E-state index < -0.39 is 6.10 Å². The van der Waals surface area contributed by atoms with Crippen LogP contribution >= 0.6 is 11.6 Å². The van der Waals surface area contributed by atoms with Gasteiger partial charge in [-0.1, -0.05) is 37.3 Å². The topological polar surface area (TPSA) is 29.5 Å². The van der Waals surface area contributed by atoms with Crippen LogP contribution < -0.4 is 0 Å². The van der Waals surface area contributed by atoms with Gasteiger partial charge in [-0.25, -0.2) is 0 Å². The second-order valence-corrected chi connectivity index (χ2v) is 5.31. The summed E-state index contributed by atoms with van der Waals surface area (Å²) in [6.45, 7) is 12.1. The molecule has 0 aromatic rings. The van der Waals surface area contributed by atoms with Crippen LogP contribution in [0.1, 0.15) is 47.0 Å². The molecule has 0 saturated carbocycles. The van der Waals surface area contributed by atoms with Crippen LogP contribution in [0.5, 0.6) is 0 Å². The summed E-state index contributed by atoms with van der Waals surface area (Å²) < 4.78 is 5.67. The quantitative estimate of drug-likeness (QED) is 0.496. The Balaban J connectivity index is 4.27. The van der Waals surface area contributed by atoms with Gasteiger partial charge in [0.15, 0.2) is 0 Å². The van der Waals surface area contributed by atoms with Crippen molar-refractivity contribution in [3.63, 3.8) is 0 Å². The summed E-state index contributed by atoms with van der Waals surface area (Å²) in [6.07, 6.45) is 5.92. The van der Waals surface area contributed by atoms with Crippen molar-refractivity contribution in [2.75, 3.05) is 6.61 Å². The summed E-state index contributed by atoms with van der Waals surface area (Å²) >= 11 is 6.03. The minimum atomic E-state index is -0.417. The van der Waals surface area contributed by atoms with Crippen LogP contribution in [0.3, 0.4) is 0 Å². The molecule has 3 heteroatoms. The number of halogens is 1. The third kappa shape index (κ3) is 7.56. The predicted molar refractivity (Wildman–Crippen MR) is 83.5 cm³/mol. The monoisotopic (exact) mass is 286 g/mol. The number of hydrogen-bond donors (Lipinski definition) is 1. The van der Waals surface area contributed by atoms with E-state index in [1.165, 1.54) is 5.57 Å². The second-order valence-electron chi connectivity index (χ2n) is 4.75. The molecular weight excluding hydrogens is 260 g/mol. The van der Waals surface area contributed by atoms with Gasteiger partial charge in [-0.3, -0.25) is 0 Å². The molecule has 1 N–H and O–H groups in total. The van der Waals surface area contributed by atoms with Gasteiger partial charge in [-0.2, -0.15) is 0 Å². The Morgan fingerprint density at radius 3 is 2.47 bits per heavy atom. The molecule has 0 aliphatic carbocycles. The zero-order chi connectivity index (χ0) is 14.8. The highest BCUT2D eigenvalue weighted by Gasteiger charge is 2.12. The number of rotatable bonds is 9. The normalized spacial score (nSPS) is 16.8. The van der Waals surface area contributed by atoms with Gasteiger partial charge in [0.2, 0.25) is 0 Å². The van der Waals surface area contributed by atoms with Crippen molar-refractivity contribution < 1.29 is 9.84 Å². The summed E-state index contributed by atoms with van der Waals surface area (Å²) in [6, 6.07) is 0. The van der Waals surface area contributed by atoms with Crippen molar-refractivity contribution in [2.45, 2.75) is 59.2 Å². The molecule has 2 atom stereocenters. The molecule has 1 unspecified atom stereocenters. The van der Waals surface area contributed by atoms with Gasteiger partial charge >= 0.3 is 0 Å². The molecule has 19 heavy (non-hydrogen) atoms. The van der Waals surface area contributed by atoms with Crippen molar-refractivity contribution in [3.8, 4) is 0 Å². The maximum absolute atomic E-state index is 9.49. The average molecular weight is 287 g/mol. The molecule has 0 aliphatic heterocycles. The van der Waals surface area contributed by atoms with Crippen LogP contribution in [0.4, 0.5) is 0 Å². The van der Waals surface area contributed by atoms with Gasteiger partial charge in [0.25, 0.3) is 0 Å². The molecule has 0 amide bonds. The Hall–Kier alpha value is -0.570.